The molecule has 0 amide bonds. The Balaban J connectivity index is 2.66. The molecule has 0 aliphatic carbocycles. The molecule has 15 heavy (non-hydrogen) atoms. The molecule has 0 aliphatic rings. The molecular formula is C12H10ClNO. The maximum Gasteiger partial charge on any atom is 0.0789 e. The van der Waals surface area contributed by atoms with Gasteiger partial charge in [-0.2, -0.15) is 0 Å². The minimum Gasteiger partial charge on any atom is -0.392 e. The van der Waals surface area contributed by atoms with Gasteiger partial charge in [-0.25, -0.2) is 0 Å². The lowest BCUT2D eigenvalue weighted by Crippen LogP contribution is -1.84. The van der Waals surface area contributed by atoms with Crippen LogP contribution < -0.4 is 0 Å². The molecule has 0 atom stereocenters. The smallest absolute Gasteiger partial charge is 0.0789 e. The van der Waals surface area contributed by atoms with E-state index in [9.17, 15) is 0 Å². The third-order valence-corrected chi connectivity index (χ3v) is 2.48. The average Bonchev–Trinajstić information content (AvgIpc) is 2.29. The molecule has 0 unspecified atom stereocenters. The molecule has 0 spiro atoms. The van der Waals surface area contributed by atoms with Gasteiger partial charge in [-0.1, -0.05) is 29.8 Å². The summed E-state index contributed by atoms with van der Waals surface area (Å²) in [6.07, 6.45) is 5.25. The molecule has 0 aliphatic heterocycles. The van der Waals surface area contributed by atoms with Gasteiger partial charge in [0.05, 0.1) is 17.1 Å². The van der Waals surface area contributed by atoms with E-state index in [0.717, 1.165) is 16.5 Å². The van der Waals surface area contributed by atoms with Crippen molar-refractivity contribution in [1.82, 2.24) is 4.98 Å². The number of halogens is 1. The SMILES string of the molecule is OC/C=C/c1ccc(Cl)c2cccnc12. The number of nitrogens with zero attached hydrogens (tertiary/aromatic N) is 1. The molecular weight excluding hydrogens is 210 g/mol. The second kappa shape index (κ2) is 4.43. The summed E-state index contributed by atoms with van der Waals surface area (Å²) in [5.41, 5.74) is 1.82. The summed E-state index contributed by atoms with van der Waals surface area (Å²) in [4.78, 5) is 4.28. The van der Waals surface area contributed by atoms with E-state index in [1.807, 2.05) is 30.3 Å². The van der Waals surface area contributed by atoms with Crippen LogP contribution in [0.2, 0.25) is 5.02 Å². The van der Waals surface area contributed by atoms with E-state index in [0.29, 0.717) is 5.02 Å². The van der Waals surface area contributed by atoms with Crippen molar-refractivity contribution in [1.29, 1.82) is 0 Å². The van der Waals surface area contributed by atoms with Crippen molar-refractivity contribution >= 4 is 28.6 Å². The highest BCUT2D eigenvalue weighted by Gasteiger charge is 2.02. The zero-order valence-electron chi connectivity index (χ0n) is 8.02. The number of hydrogen-bond donors (Lipinski definition) is 1. The summed E-state index contributed by atoms with van der Waals surface area (Å²) in [6, 6.07) is 7.52. The number of aliphatic hydroxyl groups is 1. The maximum absolute atomic E-state index is 8.72. The Morgan fingerprint density at radius 3 is 3.00 bits per heavy atom. The van der Waals surface area contributed by atoms with Crippen LogP contribution in [-0.2, 0) is 0 Å². The van der Waals surface area contributed by atoms with Crippen LogP contribution in [0.1, 0.15) is 5.56 Å². The number of benzene rings is 1. The second-order valence-electron chi connectivity index (χ2n) is 3.12. The van der Waals surface area contributed by atoms with Crippen molar-refractivity contribution in [2.75, 3.05) is 6.61 Å². The van der Waals surface area contributed by atoms with E-state index in [1.165, 1.54) is 0 Å². The quantitative estimate of drug-likeness (QED) is 0.843. The van der Waals surface area contributed by atoms with Gasteiger partial charge in [-0.3, -0.25) is 4.98 Å². The van der Waals surface area contributed by atoms with Gasteiger partial charge in [0.15, 0.2) is 0 Å². The minimum absolute atomic E-state index is 0.0248. The normalized spacial score (nSPS) is 11.3. The molecule has 2 aromatic rings. The van der Waals surface area contributed by atoms with Crippen molar-refractivity contribution in [2.24, 2.45) is 0 Å². The van der Waals surface area contributed by atoms with Crippen LogP contribution in [0.3, 0.4) is 0 Å². The minimum atomic E-state index is 0.0248. The number of aliphatic hydroxyl groups excluding tert-OH is 1. The van der Waals surface area contributed by atoms with E-state index in [4.69, 9.17) is 16.7 Å². The van der Waals surface area contributed by atoms with E-state index in [2.05, 4.69) is 4.98 Å². The number of rotatable bonds is 2. The molecule has 76 valence electrons. The Labute approximate surface area is 92.8 Å². The summed E-state index contributed by atoms with van der Waals surface area (Å²) >= 11 is 6.05. The largest absolute Gasteiger partial charge is 0.392 e. The van der Waals surface area contributed by atoms with Crippen LogP contribution in [0.5, 0.6) is 0 Å². The molecule has 0 saturated carbocycles. The number of pyridine rings is 1. The Kier molecular flexibility index (Phi) is 2.99. The molecule has 0 fully saturated rings. The Hall–Kier alpha value is -1.38. The highest BCUT2D eigenvalue weighted by atomic mass is 35.5. The summed E-state index contributed by atoms with van der Waals surface area (Å²) in [5, 5.41) is 10.3. The van der Waals surface area contributed by atoms with Crippen molar-refractivity contribution in [2.45, 2.75) is 0 Å². The van der Waals surface area contributed by atoms with E-state index in [-0.39, 0.29) is 6.61 Å². The van der Waals surface area contributed by atoms with Gasteiger partial charge >= 0.3 is 0 Å². The lowest BCUT2D eigenvalue weighted by molar-refractivity contribution is 0.343. The first kappa shape index (κ1) is 10.1. The molecule has 0 radical (unpaired) electrons. The average molecular weight is 220 g/mol. The van der Waals surface area contributed by atoms with Crippen LogP contribution in [0, 0.1) is 0 Å². The van der Waals surface area contributed by atoms with Crippen LogP contribution >= 0.6 is 11.6 Å². The van der Waals surface area contributed by atoms with Crippen molar-refractivity contribution in [3.63, 3.8) is 0 Å². The molecule has 1 N–H and O–H groups in total. The molecule has 3 heteroatoms. The molecule has 1 aromatic carbocycles. The number of fused-ring (bicyclic) bond motifs is 1. The van der Waals surface area contributed by atoms with Gasteiger partial charge < -0.3 is 5.11 Å². The fraction of sp³-hybridized carbons (Fsp3) is 0.0833. The molecule has 0 bridgehead atoms. The first-order valence-corrected chi connectivity index (χ1v) is 5.01. The van der Waals surface area contributed by atoms with Crippen LogP contribution in [0.25, 0.3) is 17.0 Å². The molecule has 0 saturated heterocycles. The molecule has 2 nitrogen and oxygen atoms in total. The summed E-state index contributed by atoms with van der Waals surface area (Å²) in [5.74, 6) is 0. The first-order valence-electron chi connectivity index (χ1n) is 4.63. The van der Waals surface area contributed by atoms with Gasteiger partial charge in [0.1, 0.15) is 0 Å². The van der Waals surface area contributed by atoms with Crippen molar-refractivity contribution in [3.8, 4) is 0 Å². The first-order chi connectivity index (χ1) is 7.33. The zero-order chi connectivity index (χ0) is 10.7. The van der Waals surface area contributed by atoms with Crippen LogP contribution in [-0.4, -0.2) is 16.7 Å². The second-order valence-corrected chi connectivity index (χ2v) is 3.53. The Morgan fingerprint density at radius 1 is 1.33 bits per heavy atom. The number of aromatic nitrogens is 1. The van der Waals surface area contributed by atoms with Gasteiger partial charge in [-0.05, 0) is 18.2 Å². The molecule has 1 aromatic heterocycles. The van der Waals surface area contributed by atoms with E-state index in [1.54, 1.807) is 12.3 Å². The van der Waals surface area contributed by atoms with E-state index >= 15 is 0 Å². The Bertz CT molecular complexity index is 508. The van der Waals surface area contributed by atoms with E-state index < -0.39 is 0 Å². The summed E-state index contributed by atoms with van der Waals surface area (Å²) < 4.78 is 0. The third kappa shape index (κ3) is 2.01. The van der Waals surface area contributed by atoms with Crippen molar-refractivity contribution in [3.05, 3.63) is 47.1 Å². The van der Waals surface area contributed by atoms with Gasteiger partial charge in [0.2, 0.25) is 0 Å². The fourth-order valence-corrected chi connectivity index (χ4v) is 1.69. The maximum atomic E-state index is 8.72. The lowest BCUT2D eigenvalue weighted by Gasteiger charge is -2.02. The van der Waals surface area contributed by atoms with Crippen LogP contribution in [0.15, 0.2) is 36.5 Å². The standard InChI is InChI=1S/C12H10ClNO/c13-11-6-5-9(3-2-8-15)12-10(11)4-1-7-14-12/h1-7,15H,8H2/b3-2+. The topological polar surface area (TPSA) is 33.1 Å². The van der Waals surface area contributed by atoms with Crippen LogP contribution in [0.4, 0.5) is 0 Å². The number of hydrogen-bond acceptors (Lipinski definition) is 2. The Morgan fingerprint density at radius 2 is 2.20 bits per heavy atom. The fourth-order valence-electron chi connectivity index (χ4n) is 1.47. The van der Waals surface area contributed by atoms with Crippen molar-refractivity contribution < 1.29 is 5.11 Å². The lowest BCUT2D eigenvalue weighted by atomic mass is 10.1. The van der Waals surface area contributed by atoms with Gasteiger partial charge in [-0.15, -0.1) is 0 Å². The summed E-state index contributed by atoms with van der Waals surface area (Å²) in [7, 11) is 0. The van der Waals surface area contributed by atoms with Gasteiger partial charge in [0.25, 0.3) is 0 Å². The highest BCUT2D eigenvalue weighted by molar-refractivity contribution is 6.35. The predicted octanol–water partition coefficient (Wildman–Crippen LogP) is 2.89. The summed E-state index contributed by atoms with van der Waals surface area (Å²) in [6.45, 7) is 0.0248. The molecule has 1 heterocycles. The monoisotopic (exact) mass is 219 g/mol. The molecule has 2 rings (SSSR count). The highest BCUT2D eigenvalue weighted by Crippen LogP contribution is 2.25. The zero-order valence-corrected chi connectivity index (χ0v) is 8.78. The predicted molar refractivity (Wildman–Crippen MR) is 62.9 cm³/mol. The van der Waals surface area contributed by atoms with Gasteiger partial charge in [0, 0.05) is 17.1 Å². The third-order valence-electron chi connectivity index (χ3n) is 2.15.